The van der Waals surface area contributed by atoms with Gasteiger partial charge in [-0.15, -0.1) is 25.6 Å². The lowest BCUT2D eigenvalue weighted by Crippen LogP contribution is -2.25. The number of halogens is 4. The SMILES string of the molecule is Cl.Nc1ncc(-c2cc3n(n2)CCC32CCNC2)cc1OC(F)(F)F. The molecule has 1 unspecified atom stereocenters. The number of fused-ring (bicyclic) bond motifs is 2. The third kappa shape index (κ3) is 3.13. The summed E-state index contributed by atoms with van der Waals surface area (Å²) in [4.78, 5) is 3.80. The lowest BCUT2D eigenvalue weighted by Gasteiger charge is -2.20. The van der Waals surface area contributed by atoms with Crippen molar-refractivity contribution in [2.45, 2.75) is 31.2 Å². The summed E-state index contributed by atoms with van der Waals surface area (Å²) in [6, 6.07) is 3.16. The third-order valence-corrected chi connectivity index (χ3v) is 4.77. The molecule has 10 heteroatoms. The van der Waals surface area contributed by atoms with Crippen molar-refractivity contribution in [3.63, 3.8) is 0 Å². The Hall–Kier alpha value is -2.00. The summed E-state index contributed by atoms with van der Waals surface area (Å²) in [6.45, 7) is 2.68. The number of ether oxygens (including phenoxy) is 1. The highest BCUT2D eigenvalue weighted by molar-refractivity contribution is 5.85. The van der Waals surface area contributed by atoms with E-state index in [1.54, 1.807) is 0 Å². The molecule has 2 aromatic rings. The van der Waals surface area contributed by atoms with Crippen LogP contribution in [0.4, 0.5) is 19.0 Å². The van der Waals surface area contributed by atoms with Gasteiger partial charge in [-0.2, -0.15) is 5.10 Å². The van der Waals surface area contributed by atoms with Crippen molar-refractivity contribution in [1.29, 1.82) is 0 Å². The fourth-order valence-electron chi connectivity index (χ4n) is 3.58. The molecule has 4 rings (SSSR count). The minimum atomic E-state index is -4.82. The molecule has 25 heavy (non-hydrogen) atoms. The molecule has 3 N–H and O–H groups in total. The van der Waals surface area contributed by atoms with Crippen LogP contribution in [-0.2, 0) is 12.0 Å². The maximum Gasteiger partial charge on any atom is 0.573 e. The van der Waals surface area contributed by atoms with Crippen molar-refractivity contribution in [3.8, 4) is 17.0 Å². The van der Waals surface area contributed by atoms with Crippen LogP contribution in [0.3, 0.4) is 0 Å². The summed E-state index contributed by atoms with van der Waals surface area (Å²) in [5.74, 6) is -0.815. The van der Waals surface area contributed by atoms with E-state index < -0.39 is 12.1 Å². The first-order valence-electron chi connectivity index (χ1n) is 7.67. The number of aryl methyl sites for hydroxylation is 1. The van der Waals surface area contributed by atoms with E-state index in [4.69, 9.17) is 5.73 Å². The largest absolute Gasteiger partial charge is 0.573 e. The number of nitrogens with zero attached hydrogens (tertiary/aromatic N) is 3. The summed E-state index contributed by atoms with van der Waals surface area (Å²) in [5.41, 5.74) is 7.71. The molecule has 0 radical (unpaired) electrons. The number of aromatic nitrogens is 3. The Balaban J connectivity index is 0.00000182. The van der Waals surface area contributed by atoms with Gasteiger partial charge in [-0.05, 0) is 31.5 Å². The zero-order valence-corrected chi connectivity index (χ0v) is 14.0. The van der Waals surface area contributed by atoms with Gasteiger partial charge >= 0.3 is 6.36 Å². The second-order valence-electron chi connectivity index (χ2n) is 6.25. The first kappa shape index (κ1) is 17.8. The van der Waals surface area contributed by atoms with Crippen LogP contribution in [0.2, 0.25) is 0 Å². The molecule has 1 saturated heterocycles. The summed E-state index contributed by atoms with van der Waals surface area (Å²) in [6.07, 6.45) is -1.33. The van der Waals surface area contributed by atoms with Crippen LogP contribution in [0.15, 0.2) is 18.3 Å². The molecular formula is C15H17ClF3N5O. The molecule has 0 amide bonds. The number of nitrogen functional groups attached to an aromatic ring is 1. The zero-order valence-electron chi connectivity index (χ0n) is 13.1. The van der Waals surface area contributed by atoms with Crippen LogP contribution in [-0.4, -0.2) is 34.2 Å². The van der Waals surface area contributed by atoms with Gasteiger partial charge in [0, 0.05) is 36.0 Å². The number of rotatable bonds is 2. The van der Waals surface area contributed by atoms with Crippen LogP contribution >= 0.6 is 12.4 Å². The molecule has 1 fully saturated rings. The van der Waals surface area contributed by atoms with Crippen LogP contribution in [0.5, 0.6) is 5.75 Å². The highest BCUT2D eigenvalue weighted by Crippen LogP contribution is 2.41. The fraction of sp³-hybridized carbons (Fsp3) is 0.467. The first-order valence-corrected chi connectivity index (χ1v) is 7.67. The van der Waals surface area contributed by atoms with E-state index in [0.29, 0.717) is 11.3 Å². The van der Waals surface area contributed by atoms with Gasteiger partial charge in [0.2, 0.25) is 0 Å². The number of hydrogen-bond acceptors (Lipinski definition) is 5. The minimum Gasteiger partial charge on any atom is -0.402 e. The Morgan fingerprint density at radius 3 is 2.76 bits per heavy atom. The Morgan fingerprint density at radius 2 is 2.08 bits per heavy atom. The molecular weight excluding hydrogens is 359 g/mol. The average Bonchev–Trinajstić information content (AvgIpc) is 3.19. The standard InChI is InChI=1S/C15H16F3N5O.ClH/c16-15(17,18)24-11-5-9(7-21-13(11)19)10-6-12-14(1-3-20-8-14)2-4-23(12)22-10;/h5-7,20H,1-4,8H2,(H2,19,21);1H. The Labute approximate surface area is 148 Å². The minimum absolute atomic E-state index is 0. The Kier molecular flexibility index (Phi) is 4.32. The smallest absolute Gasteiger partial charge is 0.402 e. The quantitative estimate of drug-likeness (QED) is 0.843. The topological polar surface area (TPSA) is 78.0 Å². The highest BCUT2D eigenvalue weighted by Gasteiger charge is 2.42. The number of nitrogens with two attached hydrogens (primary N) is 1. The van der Waals surface area contributed by atoms with E-state index in [-0.39, 0.29) is 23.6 Å². The second kappa shape index (κ2) is 6.06. The van der Waals surface area contributed by atoms with Crippen molar-refractivity contribution in [2.24, 2.45) is 0 Å². The second-order valence-corrected chi connectivity index (χ2v) is 6.25. The van der Waals surface area contributed by atoms with Gasteiger partial charge in [-0.25, -0.2) is 4.98 Å². The van der Waals surface area contributed by atoms with E-state index in [9.17, 15) is 13.2 Å². The number of alkyl halides is 3. The number of anilines is 1. The van der Waals surface area contributed by atoms with E-state index in [1.165, 1.54) is 12.3 Å². The van der Waals surface area contributed by atoms with Crippen molar-refractivity contribution < 1.29 is 17.9 Å². The molecule has 0 bridgehead atoms. The Bertz CT molecular complexity index is 786. The van der Waals surface area contributed by atoms with Crippen LogP contribution in [0.1, 0.15) is 18.5 Å². The van der Waals surface area contributed by atoms with Crippen molar-refractivity contribution in [1.82, 2.24) is 20.1 Å². The number of pyridine rings is 1. The first-order chi connectivity index (χ1) is 11.4. The molecule has 6 nitrogen and oxygen atoms in total. The highest BCUT2D eigenvalue weighted by atomic mass is 35.5. The van der Waals surface area contributed by atoms with Gasteiger partial charge in [-0.1, -0.05) is 0 Å². The summed E-state index contributed by atoms with van der Waals surface area (Å²) in [7, 11) is 0. The van der Waals surface area contributed by atoms with Crippen molar-refractivity contribution >= 4 is 18.2 Å². The van der Waals surface area contributed by atoms with Crippen LogP contribution in [0.25, 0.3) is 11.3 Å². The molecule has 0 saturated carbocycles. The lowest BCUT2D eigenvalue weighted by atomic mass is 9.82. The summed E-state index contributed by atoms with van der Waals surface area (Å²) >= 11 is 0. The molecule has 2 aliphatic rings. The molecule has 2 aliphatic heterocycles. The van der Waals surface area contributed by atoms with Gasteiger partial charge in [-0.3, -0.25) is 4.68 Å². The van der Waals surface area contributed by atoms with Gasteiger partial charge in [0.05, 0.1) is 5.69 Å². The van der Waals surface area contributed by atoms with Crippen LogP contribution in [0, 0.1) is 0 Å². The summed E-state index contributed by atoms with van der Waals surface area (Å²) < 4.78 is 43.2. The van der Waals surface area contributed by atoms with Gasteiger partial charge < -0.3 is 15.8 Å². The molecule has 1 spiro atoms. The fourth-order valence-corrected chi connectivity index (χ4v) is 3.58. The van der Waals surface area contributed by atoms with Gasteiger partial charge in [0.1, 0.15) is 0 Å². The molecule has 0 aromatic carbocycles. The number of hydrogen-bond donors (Lipinski definition) is 2. The Morgan fingerprint density at radius 1 is 1.28 bits per heavy atom. The van der Waals surface area contributed by atoms with Crippen molar-refractivity contribution in [2.75, 3.05) is 18.8 Å². The third-order valence-electron chi connectivity index (χ3n) is 4.77. The van der Waals surface area contributed by atoms with Crippen LogP contribution < -0.4 is 15.8 Å². The molecule has 0 aliphatic carbocycles. The molecule has 2 aromatic heterocycles. The molecule has 136 valence electrons. The maximum absolute atomic E-state index is 12.5. The van der Waals surface area contributed by atoms with Gasteiger partial charge in [0.15, 0.2) is 11.6 Å². The van der Waals surface area contributed by atoms with E-state index in [2.05, 4.69) is 20.1 Å². The molecule has 1 atom stereocenters. The lowest BCUT2D eigenvalue weighted by molar-refractivity contribution is -0.274. The van der Waals surface area contributed by atoms with E-state index >= 15 is 0 Å². The van der Waals surface area contributed by atoms with Crippen molar-refractivity contribution in [3.05, 3.63) is 24.0 Å². The maximum atomic E-state index is 12.5. The van der Waals surface area contributed by atoms with E-state index in [0.717, 1.165) is 38.2 Å². The van der Waals surface area contributed by atoms with E-state index in [1.807, 2.05) is 10.7 Å². The average molecular weight is 376 g/mol. The zero-order chi connectivity index (χ0) is 16.9. The van der Waals surface area contributed by atoms with Gasteiger partial charge in [0.25, 0.3) is 0 Å². The monoisotopic (exact) mass is 375 g/mol. The number of nitrogens with one attached hydrogen (secondary N) is 1. The normalized spacial score (nSPS) is 22.0. The predicted octanol–water partition coefficient (Wildman–Crippen LogP) is 2.48. The summed E-state index contributed by atoms with van der Waals surface area (Å²) in [5, 5.41) is 7.89. The predicted molar refractivity (Wildman–Crippen MR) is 87.6 cm³/mol. The molecule has 4 heterocycles.